The molecule has 0 saturated carbocycles. The van der Waals surface area contributed by atoms with E-state index in [-0.39, 0.29) is 5.91 Å². The number of aryl methyl sites for hydroxylation is 2. The van der Waals surface area contributed by atoms with Gasteiger partial charge < -0.3 is 10.2 Å². The fourth-order valence-electron chi connectivity index (χ4n) is 2.98. The second-order valence-corrected chi connectivity index (χ2v) is 6.19. The van der Waals surface area contributed by atoms with Crippen LogP contribution in [0.25, 0.3) is 0 Å². The summed E-state index contributed by atoms with van der Waals surface area (Å²) >= 11 is 0. The summed E-state index contributed by atoms with van der Waals surface area (Å²) in [6, 6.07) is 5.97. The van der Waals surface area contributed by atoms with Crippen LogP contribution in [0.2, 0.25) is 0 Å². The van der Waals surface area contributed by atoms with Gasteiger partial charge in [-0.1, -0.05) is 0 Å². The topological polar surface area (TPSA) is 66.3 Å². The molecule has 0 bridgehead atoms. The van der Waals surface area contributed by atoms with Gasteiger partial charge in [-0.15, -0.1) is 0 Å². The summed E-state index contributed by atoms with van der Waals surface area (Å²) in [6.07, 6.45) is 4.71. The Bertz CT molecular complexity index is 698. The number of carbonyl (C=O) groups excluding carboxylic acids is 1. The lowest BCUT2D eigenvalue weighted by Crippen LogP contribution is -2.36. The molecule has 7 heteroatoms. The molecule has 0 radical (unpaired) electrons. The molecule has 0 aromatic carbocycles. The fourth-order valence-corrected chi connectivity index (χ4v) is 2.98. The Balaban J connectivity index is 1.52. The third-order valence-electron chi connectivity index (χ3n) is 4.18. The van der Waals surface area contributed by atoms with Crippen molar-refractivity contribution in [1.29, 1.82) is 0 Å². The van der Waals surface area contributed by atoms with Crippen LogP contribution in [0.5, 0.6) is 0 Å². The second kappa shape index (κ2) is 7.44. The third kappa shape index (κ3) is 4.32. The van der Waals surface area contributed by atoms with Gasteiger partial charge in [-0.2, -0.15) is 5.10 Å². The highest BCUT2D eigenvalue weighted by atomic mass is 16.2. The maximum Gasteiger partial charge on any atom is 0.239 e. The molecular formula is C17H24N6O. The molecule has 1 aliphatic heterocycles. The van der Waals surface area contributed by atoms with Crippen molar-refractivity contribution in [3.05, 3.63) is 36.3 Å². The van der Waals surface area contributed by atoms with Gasteiger partial charge in [0.15, 0.2) is 5.82 Å². The number of hydrogen-bond acceptors (Lipinski definition) is 5. The largest absolute Gasteiger partial charge is 0.370 e. The first-order valence-electron chi connectivity index (χ1n) is 8.29. The van der Waals surface area contributed by atoms with E-state index < -0.39 is 0 Å². The van der Waals surface area contributed by atoms with Crippen molar-refractivity contribution in [3.63, 3.8) is 0 Å². The monoisotopic (exact) mass is 328 g/mol. The van der Waals surface area contributed by atoms with Crippen molar-refractivity contribution in [2.24, 2.45) is 7.05 Å². The lowest BCUT2D eigenvalue weighted by molar-refractivity contribution is -0.117. The Morgan fingerprint density at radius 1 is 1.25 bits per heavy atom. The summed E-state index contributed by atoms with van der Waals surface area (Å²) in [4.78, 5) is 21.0. The summed E-state index contributed by atoms with van der Waals surface area (Å²) < 4.78 is 1.68. The number of nitrogens with one attached hydrogen (secondary N) is 1. The lowest BCUT2D eigenvalue weighted by atomic mass is 10.3. The molecule has 1 aliphatic rings. The number of nitrogens with zero attached hydrogens (tertiary/aromatic N) is 5. The first-order valence-corrected chi connectivity index (χ1v) is 8.29. The van der Waals surface area contributed by atoms with Gasteiger partial charge in [-0.25, -0.2) is 0 Å². The number of amides is 1. The maximum absolute atomic E-state index is 12.2. The summed E-state index contributed by atoms with van der Waals surface area (Å²) in [5.41, 5.74) is 2.24. The molecule has 0 atom stereocenters. The van der Waals surface area contributed by atoms with Crippen LogP contribution in [-0.4, -0.2) is 58.3 Å². The van der Waals surface area contributed by atoms with Crippen molar-refractivity contribution < 1.29 is 4.79 Å². The van der Waals surface area contributed by atoms with E-state index in [1.54, 1.807) is 10.7 Å². The highest BCUT2D eigenvalue weighted by molar-refractivity contribution is 5.91. The third-order valence-corrected chi connectivity index (χ3v) is 4.18. The maximum atomic E-state index is 12.2. The van der Waals surface area contributed by atoms with Crippen molar-refractivity contribution in [3.8, 4) is 0 Å². The van der Waals surface area contributed by atoms with Gasteiger partial charge in [-0.05, 0) is 25.5 Å². The molecule has 1 N–H and O–H groups in total. The van der Waals surface area contributed by atoms with E-state index >= 15 is 0 Å². The number of rotatable bonds is 4. The van der Waals surface area contributed by atoms with E-state index in [9.17, 15) is 4.79 Å². The minimum atomic E-state index is -0.0121. The van der Waals surface area contributed by atoms with Crippen LogP contribution < -0.4 is 10.2 Å². The first kappa shape index (κ1) is 16.4. The van der Waals surface area contributed by atoms with Gasteiger partial charge in [-0.3, -0.25) is 19.4 Å². The first-order chi connectivity index (χ1) is 11.6. The van der Waals surface area contributed by atoms with Crippen molar-refractivity contribution in [1.82, 2.24) is 19.7 Å². The predicted octanol–water partition coefficient (Wildman–Crippen LogP) is 1.27. The smallest absolute Gasteiger partial charge is 0.239 e. The minimum absolute atomic E-state index is 0.0121. The number of carbonyl (C=O) groups is 1. The van der Waals surface area contributed by atoms with Crippen molar-refractivity contribution in [2.45, 2.75) is 13.3 Å². The van der Waals surface area contributed by atoms with Gasteiger partial charge in [0.25, 0.3) is 0 Å². The van der Waals surface area contributed by atoms with Crippen LogP contribution in [0, 0.1) is 6.92 Å². The second-order valence-electron chi connectivity index (χ2n) is 6.19. The van der Waals surface area contributed by atoms with E-state index in [0.29, 0.717) is 12.4 Å². The van der Waals surface area contributed by atoms with Crippen molar-refractivity contribution in [2.75, 3.05) is 42.9 Å². The van der Waals surface area contributed by atoms with Crippen LogP contribution in [0.4, 0.5) is 11.5 Å². The Labute approximate surface area is 142 Å². The lowest BCUT2D eigenvalue weighted by Gasteiger charge is -2.23. The van der Waals surface area contributed by atoms with E-state index in [0.717, 1.165) is 38.3 Å². The molecule has 1 fully saturated rings. The van der Waals surface area contributed by atoms with E-state index in [4.69, 9.17) is 0 Å². The molecule has 7 nitrogen and oxygen atoms in total. The van der Waals surface area contributed by atoms with Crippen LogP contribution >= 0.6 is 0 Å². The molecule has 0 spiro atoms. The zero-order chi connectivity index (χ0) is 16.9. The summed E-state index contributed by atoms with van der Waals surface area (Å²) in [5, 5.41) is 7.02. The number of pyridine rings is 1. The predicted molar refractivity (Wildman–Crippen MR) is 94.1 cm³/mol. The summed E-state index contributed by atoms with van der Waals surface area (Å²) in [7, 11) is 1.83. The average molecular weight is 328 g/mol. The van der Waals surface area contributed by atoms with Gasteiger partial charge in [0.05, 0.1) is 6.54 Å². The Morgan fingerprint density at radius 3 is 2.88 bits per heavy atom. The molecule has 1 amide bonds. The van der Waals surface area contributed by atoms with E-state index in [1.165, 1.54) is 5.69 Å². The van der Waals surface area contributed by atoms with Gasteiger partial charge in [0, 0.05) is 63.1 Å². The van der Waals surface area contributed by atoms with Crippen LogP contribution in [-0.2, 0) is 11.8 Å². The molecule has 0 aliphatic carbocycles. The minimum Gasteiger partial charge on any atom is -0.370 e. The Morgan fingerprint density at radius 2 is 2.12 bits per heavy atom. The fraction of sp³-hybridized carbons (Fsp3) is 0.471. The molecular weight excluding hydrogens is 304 g/mol. The quantitative estimate of drug-likeness (QED) is 0.916. The van der Waals surface area contributed by atoms with Crippen LogP contribution in [0.1, 0.15) is 12.1 Å². The van der Waals surface area contributed by atoms with Gasteiger partial charge >= 0.3 is 0 Å². The van der Waals surface area contributed by atoms with Gasteiger partial charge in [0.2, 0.25) is 5.91 Å². The number of anilines is 2. The Hall–Kier alpha value is -2.41. The van der Waals surface area contributed by atoms with Crippen LogP contribution in [0.15, 0.2) is 30.6 Å². The molecule has 24 heavy (non-hydrogen) atoms. The SMILES string of the molecule is Cc1cc(N2CCCN(CC(=O)Nc3ccn(C)n3)CC2)ccn1. The standard InChI is InChI=1S/C17H24N6O/c1-14-12-15(4-6-18-14)23-8-3-7-22(10-11-23)13-17(24)19-16-5-9-21(2)20-16/h4-6,9,12H,3,7-8,10-11,13H2,1-2H3,(H,19,20,24). The number of hydrogen-bond donors (Lipinski definition) is 1. The molecule has 2 aromatic heterocycles. The molecule has 2 aromatic rings. The Kier molecular flexibility index (Phi) is 5.10. The van der Waals surface area contributed by atoms with Crippen LogP contribution in [0.3, 0.4) is 0 Å². The molecule has 1 saturated heterocycles. The molecule has 0 unspecified atom stereocenters. The molecule has 3 rings (SSSR count). The zero-order valence-corrected chi connectivity index (χ0v) is 14.3. The molecule has 128 valence electrons. The van der Waals surface area contributed by atoms with E-state index in [2.05, 4.69) is 37.3 Å². The van der Waals surface area contributed by atoms with E-state index in [1.807, 2.05) is 26.4 Å². The summed E-state index contributed by atoms with van der Waals surface area (Å²) in [5.74, 6) is 0.591. The highest BCUT2D eigenvalue weighted by Crippen LogP contribution is 2.16. The van der Waals surface area contributed by atoms with Gasteiger partial charge in [0.1, 0.15) is 0 Å². The molecule has 3 heterocycles. The average Bonchev–Trinajstić information content (AvgIpc) is 2.81. The van der Waals surface area contributed by atoms with Crippen molar-refractivity contribution >= 4 is 17.4 Å². The normalized spacial score (nSPS) is 16.0. The summed E-state index contributed by atoms with van der Waals surface area (Å²) in [6.45, 7) is 6.13. The zero-order valence-electron chi connectivity index (χ0n) is 14.3. The highest BCUT2D eigenvalue weighted by Gasteiger charge is 2.18. The number of aromatic nitrogens is 3.